The Hall–Kier alpha value is -0.560. The maximum atomic E-state index is 5.83. The molecule has 0 bridgehead atoms. The molecule has 0 saturated heterocycles. The summed E-state index contributed by atoms with van der Waals surface area (Å²) in [5.41, 5.74) is 7.25. The van der Waals surface area contributed by atoms with Crippen molar-refractivity contribution < 1.29 is 0 Å². The zero-order valence-corrected chi connectivity index (χ0v) is 7.22. The lowest BCUT2D eigenvalue weighted by Gasteiger charge is -2.11. The maximum Gasteiger partial charge on any atom is 0.00765 e. The van der Waals surface area contributed by atoms with Gasteiger partial charge in [-0.25, -0.2) is 0 Å². The number of allylic oxidation sites excluding steroid dienone is 3. The van der Waals surface area contributed by atoms with Crippen LogP contribution in [0.25, 0.3) is 0 Å². The van der Waals surface area contributed by atoms with Crippen molar-refractivity contribution in [2.24, 2.45) is 5.73 Å². The molecule has 1 unspecified atom stereocenters. The highest BCUT2D eigenvalue weighted by molar-refractivity contribution is 5.22. The summed E-state index contributed by atoms with van der Waals surface area (Å²) in [4.78, 5) is 0. The molecule has 0 fully saturated rings. The Labute approximate surface area is 69.0 Å². The quantitative estimate of drug-likeness (QED) is 0.658. The highest BCUT2D eigenvalue weighted by Crippen LogP contribution is 2.14. The van der Waals surface area contributed by atoms with Crippen molar-refractivity contribution in [2.45, 2.75) is 38.6 Å². The zero-order chi connectivity index (χ0) is 8.10. The molecule has 1 aliphatic rings. The molecule has 0 aromatic heterocycles. The van der Waals surface area contributed by atoms with E-state index in [1.807, 2.05) is 0 Å². The smallest absolute Gasteiger partial charge is 0.00765 e. The van der Waals surface area contributed by atoms with Gasteiger partial charge in [-0.2, -0.15) is 0 Å². The van der Waals surface area contributed by atoms with Crippen LogP contribution in [0.2, 0.25) is 0 Å². The molecule has 0 aliphatic heterocycles. The van der Waals surface area contributed by atoms with Gasteiger partial charge in [0.1, 0.15) is 0 Å². The predicted octanol–water partition coefficient (Wildman–Crippen LogP) is 2.39. The van der Waals surface area contributed by atoms with Crippen LogP contribution in [-0.2, 0) is 0 Å². The van der Waals surface area contributed by atoms with Gasteiger partial charge in [0.15, 0.2) is 0 Å². The highest BCUT2D eigenvalue weighted by atomic mass is 14.6. The van der Waals surface area contributed by atoms with Crippen LogP contribution in [0.4, 0.5) is 0 Å². The van der Waals surface area contributed by atoms with Gasteiger partial charge in [-0.05, 0) is 25.7 Å². The first-order chi connectivity index (χ1) is 5.33. The maximum absolute atomic E-state index is 5.83. The standard InChI is InChI=1S/C10H17N/c1-2-10(11)8-9-6-4-3-5-7-9/h4,6-7,10H,2-3,5,8,11H2,1H3. The van der Waals surface area contributed by atoms with E-state index in [9.17, 15) is 0 Å². The largest absolute Gasteiger partial charge is 0.327 e. The molecule has 1 rings (SSSR count). The molecule has 1 heteroatoms. The Morgan fingerprint density at radius 3 is 2.91 bits per heavy atom. The Morgan fingerprint density at radius 2 is 2.36 bits per heavy atom. The van der Waals surface area contributed by atoms with Gasteiger partial charge < -0.3 is 5.73 Å². The lowest BCUT2D eigenvalue weighted by atomic mass is 9.99. The van der Waals surface area contributed by atoms with Crippen LogP contribution in [0.3, 0.4) is 0 Å². The first-order valence-corrected chi connectivity index (χ1v) is 4.44. The zero-order valence-electron chi connectivity index (χ0n) is 7.22. The Balaban J connectivity index is 2.36. The minimum atomic E-state index is 0.351. The fourth-order valence-electron chi connectivity index (χ4n) is 1.27. The first kappa shape index (κ1) is 8.54. The topological polar surface area (TPSA) is 26.0 Å². The van der Waals surface area contributed by atoms with Crippen LogP contribution in [0.15, 0.2) is 23.8 Å². The lowest BCUT2D eigenvalue weighted by molar-refractivity contribution is 0.645. The predicted molar refractivity (Wildman–Crippen MR) is 49.3 cm³/mol. The monoisotopic (exact) mass is 151 g/mol. The third-order valence-corrected chi connectivity index (χ3v) is 2.09. The van der Waals surface area contributed by atoms with Crippen LogP contribution in [-0.4, -0.2) is 6.04 Å². The van der Waals surface area contributed by atoms with Gasteiger partial charge in [0.2, 0.25) is 0 Å². The Morgan fingerprint density at radius 1 is 1.55 bits per heavy atom. The van der Waals surface area contributed by atoms with Gasteiger partial charge in [0, 0.05) is 6.04 Å². The number of hydrogen-bond donors (Lipinski definition) is 1. The molecule has 62 valence electrons. The van der Waals surface area contributed by atoms with Gasteiger partial charge in [-0.15, -0.1) is 0 Å². The second-order valence-electron chi connectivity index (χ2n) is 3.13. The van der Waals surface area contributed by atoms with E-state index in [0.717, 1.165) is 12.8 Å². The van der Waals surface area contributed by atoms with Crippen LogP contribution < -0.4 is 5.73 Å². The molecule has 1 atom stereocenters. The van der Waals surface area contributed by atoms with Gasteiger partial charge in [0.05, 0.1) is 0 Å². The summed E-state index contributed by atoms with van der Waals surface area (Å²) in [6.07, 6.45) is 11.3. The highest BCUT2D eigenvalue weighted by Gasteiger charge is 2.02. The number of nitrogens with two attached hydrogens (primary N) is 1. The van der Waals surface area contributed by atoms with Crippen LogP contribution in [0, 0.1) is 0 Å². The average Bonchev–Trinajstić information content (AvgIpc) is 2.06. The van der Waals surface area contributed by atoms with Crippen molar-refractivity contribution in [3.8, 4) is 0 Å². The van der Waals surface area contributed by atoms with Crippen molar-refractivity contribution in [1.29, 1.82) is 0 Å². The van der Waals surface area contributed by atoms with Crippen molar-refractivity contribution in [1.82, 2.24) is 0 Å². The summed E-state index contributed by atoms with van der Waals surface area (Å²) in [7, 11) is 0. The molecule has 0 radical (unpaired) electrons. The molecular weight excluding hydrogens is 134 g/mol. The molecule has 0 spiro atoms. The lowest BCUT2D eigenvalue weighted by Crippen LogP contribution is -2.18. The van der Waals surface area contributed by atoms with Crippen LogP contribution >= 0.6 is 0 Å². The van der Waals surface area contributed by atoms with E-state index < -0.39 is 0 Å². The average molecular weight is 151 g/mol. The third kappa shape index (κ3) is 2.89. The van der Waals surface area contributed by atoms with Gasteiger partial charge in [0.25, 0.3) is 0 Å². The molecule has 2 N–H and O–H groups in total. The Bertz CT molecular complexity index is 168. The first-order valence-electron chi connectivity index (χ1n) is 4.44. The van der Waals surface area contributed by atoms with Gasteiger partial charge >= 0.3 is 0 Å². The number of hydrogen-bond acceptors (Lipinski definition) is 1. The van der Waals surface area contributed by atoms with E-state index in [-0.39, 0.29) is 0 Å². The normalized spacial score (nSPS) is 19.6. The fourth-order valence-corrected chi connectivity index (χ4v) is 1.27. The summed E-state index contributed by atoms with van der Waals surface area (Å²) >= 11 is 0. The Kier molecular flexibility index (Phi) is 3.37. The summed E-state index contributed by atoms with van der Waals surface area (Å²) in [5.74, 6) is 0. The van der Waals surface area contributed by atoms with Crippen molar-refractivity contribution >= 4 is 0 Å². The molecule has 0 heterocycles. The fraction of sp³-hybridized carbons (Fsp3) is 0.600. The molecule has 1 nitrogen and oxygen atoms in total. The van der Waals surface area contributed by atoms with E-state index in [4.69, 9.17) is 5.73 Å². The molecule has 0 aromatic rings. The van der Waals surface area contributed by atoms with E-state index in [2.05, 4.69) is 25.2 Å². The molecule has 0 amide bonds. The molecule has 11 heavy (non-hydrogen) atoms. The molecule has 0 saturated carbocycles. The summed E-state index contributed by atoms with van der Waals surface area (Å²) < 4.78 is 0. The van der Waals surface area contributed by atoms with Crippen molar-refractivity contribution in [3.63, 3.8) is 0 Å². The number of rotatable bonds is 3. The van der Waals surface area contributed by atoms with Crippen molar-refractivity contribution in [3.05, 3.63) is 23.8 Å². The minimum absolute atomic E-state index is 0.351. The minimum Gasteiger partial charge on any atom is -0.327 e. The van der Waals surface area contributed by atoms with E-state index in [1.165, 1.54) is 18.4 Å². The van der Waals surface area contributed by atoms with E-state index in [1.54, 1.807) is 0 Å². The van der Waals surface area contributed by atoms with Gasteiger partial charge in [-0.3, -0.25) is 0 Å². The van der Waals surface area contributed by atoms with Crippen LogP contribution in [0.1, 0.15) is 32.6 Å². The summed E-state index contributed by atoms with van der Waals surface area (Å²) in [5, 5.41) is 0. The second kappa shape index (κ2) is 4.35. The summed E-state index contributed by atoms with van der Waals surface area (Å²) in [6, 6.07) is 0.351. The SMILES string of the molecule is CCC(N)CC1=CCCC=C1. The van der Waals surface area contributed by atoms with Crippen molar-refractivity contribution in [2.75, 3.05) is 0 Å². The van der Waals surface area contributed by atoms with Gasteiger partial charge in [-0.1, -0.05) is 30.7 Å². The molecule has 0 aromatic carbocycles. The molecular formula is C10H17N. The third-order valence-electron chi connectivity index (χ3n) is 2.09. The summed E-state index contributed by atoms with van der Waals surface area (Å²) in [6.45, 7) is 2.14. The second-order valence-corrected chi connectivity index (χ2v) is 3.13. The van der Waals surface area contributed by atoms with E-state index in [0.29, 0.717) is 6.04 Å². The van der Waals surface area contributed by atoms with Crippen LogP contribution in [0.5, 0.6) is 0 Å². The van der Waals surface area contributed by atoms with E-state index >= 15 is 0 Å². The molecule has 1 aliphatic carbocycles.